The summed E-state index contributed by atoms with van der Waals surface area (Å²) >= 11 is 0. The van der Waals surface area contributed by atoms with Crippen LogP contribution in [0.3, 0.4) is 0 Å². The predicted molar refractivity (Wildman–Crippen MR) is 147 cm³/mol. The smallest absolute Gasteiger partial charge is 0.250 e. The summed E-state index contributed by atoms with van der Waals surface area (Å²) in [5.74, 6) is 0.902. The van der Waals surface area contributed by atoms with Crippen molar-refractivity contribution < 1.29 is 14.3 Å². The number of anilines is 1. The van der Waals surface area contributed by atoms with Gasteiger partial charge in [0, 0.05) is 31.9 Å². The SMILES string of the molecule is CCN(CC)CCN1CN(c2ccccc2)C2(CCN(C(=O)C(N)Cc3ccc(OC)cc3)CC2)C1=O. The molecule has 0 aliphatic carbocycles. The molecular formula is C29H41N5O3. The second-order valence-electron chi connectivity index (χ2n) is 10.0. The predicted octanol–water partition coefficient (Wildman–Crippen LogP) is 2.57. The number of hydrogen-bond donors (Lipinski definition) is 1. The van der Waals surface area contributed by atoms with Crippen LogP contribution in [0.25, 0.3) is 0 Å². The molecule has 2 fully saturated rings. The van der Waals surface area contributed by atoms with E-state index in [0.717, 1.165) is 36.6 Å². The van der Waals surface area contributed by atoms with Crippen molar-refractivity contribution in [2.24, 2.45) is 5.73 Å². The van der Waals surface area contributed by atoms with E-state index in [0.29, 0.717) is 45.6 Å². The fourth-order valence-electron chi connectivity index (χ4n) is 5.61. The largest absolute Gasteiger partial charge is 0.497 e. The van der Waals surface area contributed by atoms with E-state index in [1.54, 1.807) is 7.11 Å². The van der Waals surface area contributed by atoms with Crippen LogP contribution < -0.4 is 15.4 Å². The fraction of sp³-hybridized carbons (Fsp3) is 0.517. The Morgan fingerprint density at radius 3 is 2.30 bits per heavy atom. The molecule has 0 saturated carbocycles. The Labute approximate surface area is 220 Å². The first-order valence-electron chi connectivity index (χ1n) is 13.4. The van der Waals surface area contributed by atoms with Crippen molar-refractivity contribution in [1.82, 2.24) is 14.7 Å². The van der Waals surface area contributed by atoms with Gasteiger partial charge in [0.25, 0.3) is 0 Å². The van der Waals surface area contributed by atoms with Gasteiger partial charge in [0.05, 0.1) is 19.8 Å². The van der Waals surface area contributed by atoms with Crippen LogP contribution in [0.15, 0.2) is 54.6 Å². The molecule has 1 spiro atoms. The van der Waals surface area contributed by atoms with Gasteiger partial charge in [0.2, 0.25) is 11.8 Å². The number of hydrogen-bond acceptors (Lipinski definition) is 6. The van der Waals surface area contributed by atoms with Gasteiger partial charge >= 0.3 is 0 Å². The lowest BCUT2D eigenvalue weighted by molar-refractivity contribution is -0.139. The van der Waals surface area contributed by atoms with E-state index in [-0.39, 0.29) is 11.8 Å². The average Bonchev–Trinajstić information content (AvgIpc) is 3.20. The molecule has 8 nitrogen and oxygen atoms in total. The molecule has 0 bridgehead atoms. The van der Waals surface area contributed by atoms with Crippen molar-refractivity contribution in [1.29, 1.82) is 0 Å². The first-order chi connectivity index (χ1) is 17.9. The summed E-state index contributed by atoms with van der Waals surface area (Å²) < 4.78 is 5.21. The van der Waals surface area contributed by atoms with Crippen molar-refractivity contribution >= 4 is 17.5 Å². The van der Waals surface area contributed by atoms with Crippen molar-refractivity contribution in [3.63, 3.8) is 0 Å². The number of nitrogens with two attached hydrogens (primary N) is 1. The lowest BCUT2D eigenvalue weighted by Crippen LogP contribution is -2.59. The van der Waals surface area contributed by atoms with Crippen molar-refractivity contribution in [3.05, 3.63) is 60.2 Å². The molecule has 37 heavy (non-hydrogen) atoms. The average molecular weight is 508 g/mol. The summed E-state index contributed by atoms with van der Waals surface area (Å²) in [6, 6.07) is 17.2. The van der Waals surface area contributed by atoms with E-state index in [1.165, 1.54) is 0 Å². The molecule has 1 unspecified atom stereocenters. The Hall–Kier alpha value is -3.10. The second-order valence-corrected chi connectivity index (χ2v) is 10.0. The molecule has 4 rings (SSSR count). The number of likely N-dealkylation sites (N-methyl/N-ethyl adjacent to an activating group) is 1. The number of nitrogens with zero attached hydrogens (tertiary/aromatic N) is 4. The molecule has 2 aromatic carbocycles. The lowest BCUT2D eigenvalue weighted by Gasteiger charge is -2.43. The Bertz CT molecular complexity index is 1030. The number of likely N-dealkylation sites (tertiary alicyclic amines) is 1. The van der Waals surface area contributed by atoms with Gasteiger partial charge in [0.15, 0.2) is 0 Å². The molecule has 2 aromatic rings. The van der Waals surface area contributed by atoms with E-state index < -0.39 is 11.6 Å². The molecule has 2 aliphatic rings. The highest BCUT2D eigenvalue weighted by Crippen LogP contribution is 2.39. The van der Waals surface area contributed by atoms with Gasteiger partial charge in [-0.25, -0.2) is 0 Å². The molecular weight excluding hydrogens is 466 g/mol. The highest BCUT2D eigenvalue weighted by molar-refractivity contribution is 5.94. The zero-order chi connectivity index (χ0) is 26.4. The molecule has 2 amide bonds. The van der Waals surface area contributed by atoms with Crippen LogP contribution in [0.5, 0.6) is 5.75 Å². The molecule has 2 saturated heterocycles. The van der Waals surface area contributed by atoms with E-state index in [4.69, 9.17) is 10.5 Å². The highest BCUT2D eigenvalue weighted by atomic mass is 16.5. The zero-order valence-corrected chi connectivity index (χ0v) is 22.4. The first-order valence-corrected chi connectivity index (χ1v) is 13.4. The van der Waals surface area contributed by atoms with E-state index in [9.17, 15) is 9.59 Å². The summed E-state index contributed by atoms with van der Waals surface area (Å²) in [6.45, 7) is 9.44. The number of piperidine rings is 1. The van der Waals surface area contributed by atoms with Gasteiger partial charge in [-0.05, 0) is 62.2 Å². The number of carbonyl (C=O) groups is 2. The highest BCUT2D eigenvalue weighted by Gasteiger charge is 2.54. The zero-order valence-electron chi connectivity index (χ0n) is 22.4. The van der Waals surface area contributed by atoms with Crippen LogP contribution in [0.2, 0.25) is 0 Å². The maximum atomic E-state index is 13.9. The molecule has 8 heteroatoms. The number of benzene rings is 2. The molecule has 0 radical (unpaired) electrons. The number of amides is 2. The normalized spacial score (nSPS) is 18.1. The van der Waals surface area contributed by atoms with Crippen molar-refractivity contribution in [2.75, 3.05) is 57.9 Å². The number of carbonyl (C=O) groups excluding carboxylic acids is 2. The van der Waals surface area contributed by atoms with Crippen LogP contribution in [0.4, 0.5) is 5.69 Å². The third-order valence-corrected chi connectivity index (χ3v) is 8.00. The van der Waals surface area contributed by atoms with Crippen LogP contribution in [0, 0.1) is 0 Å². The van der Waals surface area contributed by atoms with Crippen LogP contribution in [-0.4, -0.2) is 91.1 Å². The Morgan fingerprint density at radius 2 is 1.70 bits per heavy atom. The fourth-order valence-corrected chi connectivity index (χ4v) is 5.61. The number of para-hydroxylation sites is 1. The van der Waals surface area contributed by atoms with Gasteiger partial charge in [0.1, 0.15) is 11.3 Å². The topological polar surface area (TPSA) is 82.3 Å². The van der Waals surface area contributed by atoms with Crippen LogP contribution >= 0.6 is 0 Å². The van der Waals surface area contributed by atoms with Gasteiger partial charge in [-0.2, -0.15) is 0 Å². The van der Waals surface area contributed by atoms with Crippen LogP contribution in [0.1, 0.15) is 32.3 Å². The first kappa shape index (κ1) is 26.9. The second kappa shape index (κ2) is 12.0. The Kier molecular flexibility index (Phi) is 8.71. The summed E-state index contributed by atoms with van der Waals surface area (Å²) in [5, 5.41) is 0. The monoisotopic (exact) mass is 507 g/mol. The van der Waals surface area contributed by atoms with E-state index in [1.807, 2.05) is 52.3 Å². The van der Waals surface area contributed by atoms with Crippen molar-refractivity contribution in [2.45, 2.75) is 44.7 Å². The number of rotatable bonds is 10. The summed E-state index contributed by atoms with van der Waals surface area (Å²) in [6.07, 6.45) is 1.67. The quantitative estimate of drug-likeness (QED) is 0.532. The molecule has 2 heterocycles. The lowest BCUT2D eigenvalue weighted by atomic mass is 9.85. The minimum atomic E-state index is -0.624. The Morgan fingerprint density at radius 1 is 1.05 bits per heavy atom. The van der Waals surface area contributed by atoms with Gasteiger partial charge in [-0.1, -0.05) is 44.2 Å². The molecule has 2 aliphatic heterocycles. The van der Waals surface area contributed by atoms with E-state index >= 15 is 0 Å². The maximum absolute atomic E-state index is 13.9. The molecule has 200 valence electrons. The van der Waals surface area contributed by atoms with Gasteiger partial charge in [-0.15, -0.1) is 0 Å². The van der Waals surface area contributed by atoms with Gasteiger partial charge < -0.3 is 30.1 Å². The van der Waals surface area contributed by atoms with Crippen LogP contribution in [-0.2, 0) is 16.0 Å². The summed E-state index contributed by atoms with van der Waals surface area (Å²) in [5.41, 5.74) is 7.77. The standard InChI is InChI=1S/C29H41N5O3/c1-4-31(5-2)19-20-33-22-34(24-9-7-6-8-10-24)29(28(33)36)15-17-32(18-16-29)27(35)26(30)21-23-11-13-25(37-3)14-12-23/h6-14,26H,4-5,15-22,30H2,1-3H3. The minimum absolute atomic E-state index is 0.0548. The maximum Gasteiger partial charge on any atom is 0.250 e. The van der Waals surface area contributed by atoms with Crippen molar-refractivity contribution in [3.8, 4) is 5.75 Å². The Balaban J connectivity index is 1.44. The minimum Gasteiger partial charge on any atom is -0.497 e. The van der Waals surface area contributed by atoms with Gasteiger partial charge in [-0.3, -0.25) is 9.59 Å². The number of methoxy groups -OCH3 is 1. The molecule has 0 aromatic heterocycles. The third-order valence-electron chi connectivity index (χ3n) is 8.00. The molecule has 2 N–H and O–H groups in total. The third kappa shape index (κ3) is 5.75. The number of ether oxygens (including phenoxy) is 1. The summed E-state index contributed by atoms with van der Waals surface area (Å²) in [7, 11) is 1.63. The molecule has 1 atom stereocenters. The van der Waals surface area contributed by atoms with E-state index in [2.05, 4.69) is 35.8 Å². The summed E-state index contributed by atoms with van der Waals surface area (Å²) in [4.78, 5) is 35.6.